The number of rotatable bonds is 28. The van der Waals surface area contributed by atoms with Gasteiger partial charge in [0.25, 0.3) is 0 Å². The Kier molecular flexibility index (Phi) is 33.5. The maximum Gasteiger partial charge on any atom is 0.138 e. The fourth-order valence-corrected chi connectivity index (χ4v) is 5.98. The van der Waals surface area contributed by atoms with Gasteiger partial charge in [-0.05, 0) is 32.1 Å². The second-order valence-electron chi connectivity index (χ2n) is 13.5. The third kappa shape index (κ3) is 27.1. The van der Waals surface area contributed by atoms with Gasteiger partial charge in [-0.2, -0.15) is 0 Å². The summed E-state index contributed by atoms with van der Waals surface area (Å²) >= 11 is 0. The highest BCUT2D eigenvalue weighted by Gasteiger charge is 2.33. The second kappa shape index (κ2) is 29.4. The molecule has 234 valence electrons. The molecule has 0 saturated carbocycles. The van der Waals surface area contributed by atoms with E-state index in [2.05, 4.69) is 49.0 Å². The summed E-state index contributed by atoms with van der Waals surface area (Å²) in [5.41, 5.74) is 0. The Bertz CT molecular complexity index is 454. The summed E-state index contributed by atoms with van der Waals surface area (Å²) in [5.74, 6) is 0. The lowest BCUT2D eigenvalue weighted by molar-refractivity contribution is -0.965. The van der Waals surface area contributed by atoms with Gasteiger partial charge in [-0.25, -0.2) is 0 Å². The molecule has 0 spiro atoms. The number of quaternary nitrogens is 2. The predicted octanol–water partition coefficient (Wildman–Crippen LogP) is 4.55. The predicted molar refractivity (Wildman–Crippen MR) is 166 cm³/mol. The van der Waals surface area contributed by atoms with E-state index in [1.165, 1.54) is 176 Å². The highest BCUT2D eigenvalue weighted by molar-refractivity contribution is 4.60. The average molecular weight is 671 g/mol. The van der Waals surface area contributed by atoms with Gasteiger partial charge in [0.1, 0.15) is 12.6 Å². The number of likely N-dealkylation sites (N-methyl/N-ethyl adjacent to an activating group) is 2. The van der Waals surface area contributed by atoms with Crippen LogP contribution in [0.2, 0.25) is 0 Å². The largest absolute Gasteiger partial charge is 1.00 e. The molecule has 38 heavy (non-hydrogen) atoms. The zero-order valence-electron chi connectivity index (χ0n) is 27.6. The number of hydrogen-bond donors (Lipinski definition) is 0. The number of unbranched alkanes of at least 4 members (excludes halogenated alkanes) is 19. The monoisotopic (exact) mass is 668 g/mol. The van der Waals surface area contributed by atoms with Crippen LogP contribution in [0.4, 0.5) is 0 Å². The van der Waals surface area contributed by atoms with Crippen molar-refractivity contribution in [2.75, 3.05) is 47.8 Å². The van der Waals surface area contributed by atoms with Gasteiger partial charge in [-0.15, -0.1) is 0 Å². The van der Waals surface area contributed by atoms with Gasteiger partial charge in [0.15, 0.2) is 0 Å². The molecule has 0 aliphatic heterocycles. The van der Waals surface area contributed by atoms with Gasteiger partial charge in [0.2, 0.25) is 0 Å². The lowest BCUT2D eigenvalue weighted by atomic mass is 10.0. The van der Waals surface area contributed by atoms with Crippen LogP contribution in [0.5, 0.6) is 0 Å². The van der Waals surface area contributed by atoms with Crippen LogP contribution < -0.4 is 34.0 Å². The van der Waals surface area contributed by atoms with Crippen molar-refractivity contribution in [2.24, 2.45) is 0 Å². The molecule has 0 aromatic heterocycles. The van der Waals surface area contributed by atoms with Crippen molar-refractivity contribution in [1.29, 1.82) is 0 Å². The number of nitrogens with zero attached hydrogens (tertiary/aromatic N) is 2. The minimum Gasteiger partial charge on any atom is -1.00 e. The van der Waals surface area contributed by atoms with E-state index < -0.39 is 0 Å². The molecule has 0 aromatic rings. The summed E-state index contributed by atoms with van der Waals surface area (Å²) in [6.45, 7) is 11.1. The van der Waals surface area contributed by atoms with Crippen molar-refractivity contribution in [3.05, 3.63) is 0 Å². The summed E-state index contributed by atoms with van der Waals surface area (Å²) in [5, 5.41) is 0. The highest BCUT2D eigenvalue weighted by atomic mass is 79.9. The van der Waals surface area contributed by atoms with E-state index in [0.717, 1.165) is 6.04 Å². The molecule has 4 heteroatoms. The van der Waals surface area contributed by atoms with Gasteiger partial charge >= 0.3 is 0 Å². The zero-order valence-corrected chi connectivity index (χ0v) is 30.8. The first-order valence-electron chi connectivity index (χ1n) is 16.9. The Balaban J connectivity index is -0.00000612. The fraction of sp³-hybridized carbons (Fsp3) is 1.00. The van der Waals surface area contributed by atoms with Gasteiger partial charge < -0.3 is 42.9 Å². The third-order valence-corrected chi connectivity index (χ3v) is 8.79. The lowest BCUT2D eigenvalue weighted by Gasteiger charge is -2.42. The Morgan fingerprint density at radius 1 is 0.395 bits per heavy atom. The van der Waals surface area contributed by atoms with E-state index in [0.29, 0.717) is 0 Å². The standard InChI is InChI=1S/C34H74N2.2BrH/c1-8-11-14-16-18-20-22-24-26-28-31-35(4,5)33-34(30-13-10-3)36(6,7)32-29-27-25-23-21-19-17-15-12-9-2;;/h34H,8-33H2,1-7H3;2*1H/q+2;;/p-2. The summed E-state index contributed by atoms with van der Waals surface area (Å²) in [4.78, 5) is 0. The Hall–Kier alpha value is 0.880. The summed E-state index contributed by atoms with van der Waals surface area (Å²) < 4.78 is 2.45. The molecule has 0 saturated heterocycles. The lowest BCUT2D eigenvalue weighted by Crippen LogP contribution is -3.00. The molecule has 0 aromatic carbocycles. The zero-order chi connectivity index (χ0) is 27.0. The molecule has 0 heterocycles. The van der Waals surface area contributed by atoms with Crippen molar-refractivity contribution >= 4 is 0 Å². The van der Waals surface area contributed by atoms with Crippen molar-refractivity contribution in [2.45, 2.75) is 174 Å². The molecule has 0 aliphatic carbocycles. The molecule has 2 nitrogen and oxygen atoms in total. The van der Waals surface area contributed by atoms with E-state index in [4.69, 9.17) is 0 Å². The minimum atomic E-state index is 0. The topological polar surface area (TPSA) is 0 Å². The van der Waals surface area contributed by atoms with E-state index in [-0.39, 0.29) is 34.0 Å². The fourth-order valence-electron chi connectivity index (χ4n) is 5.98. The summed E-state index contributed by atoms with van der Waals surface area (Å²) in [6, 6.07) is 0.807. The minimum absolute atomic E-state index is 0. The SMILES string of the molecule is CCCCCCCCCCCC[N+](C)(C)CC(CCCC)[N+](C)(C)CCCCCCCCCCCC.[Br-].[Br-]. The summed E-state index contributed by atoms with van der Waals surface area (Å²) in [6.07, 6.45) is 32.9. The average Bonchev–Trinajstić information content (AvgIpc) is 2.84. The highest BCUT2D eigenvalue weighted by Crippen LogP contribution is 2.21. The van der Waals surface area contributed by atoms with Crippen molar-refractivity contribution in [3.63, 3.8) is 0 Å². The molecule has 0 aliphatic rings. The van der Waals surface area contributed by atoms with Crippen LogP contribution in [0.25, 0.3) is 0 Å². The van der Waals surface area contributed by atoms with Gasteiger partial charge in [0.05, 0.1) is 41.3 Å². The third-order valence-electron chi connectivity index (χ3n) is 8.79. The molecule has 0 amide bonds. The van der Waals surface area contributed by atoms with E-state index in [1.54, 1.807) is 0 Å². The number of hydrogen-bond acceptors (Lipinski definition) is 0. The molecular weight excluding hydrogens is 596 g/mol. The van der Waals surface area contributed by atoms with Crippen LogP contribution in [0.1, 0.15) is 168 Å². The Morgan fingerprint density at radius 3 is 1.08 bits per heavy atom. The normalized spacial score (nSPS) is 12.7. The second-order valence-corrected chi connectivity index (χ2v) is 13.5. The first kappa shape index (κ1) is 43.3. The maximum atomic E-state index is 2.54. The van der Waals surface area contributed by atoms with Crippen molar-refractivity contribution in [3.8, 4) is 0 Å². The molecule has 1 unspecified atom stereocenters. The Morgan fingerprint density at radius 2 is 0.711 bits per heavy atom. The van der Waals surface area contributed by atoms with Gasteiger partial charge in [0, 0.05) is 6.42 Å². The smallest absolute Gasteiger partial charge is 0.138 e. The van der Waals surface area contributed by atoms with Crippen LogP contribution >= 0.6 is 0 Å². The molecule has 0 bridgehead atoms. The molecular formula is C34H74Br2N2. The molecule has 0 N–H and O–H groups in total. The van der Waals surface area contributed by atoms with Crippen LogP contribution in [-0.4, -0.2) is 62.8 Å². The number of halogens is 2. The van der Waals surface area contributed by atoms with Crippen LogP contribution in [0.3, 0.4) is 0 Å². The van der Waals surface area contributed by atoms with Gasteiger partial charge in [-0.1, -0.05) is 130 Å². The molecule has 0 fully saturated rings. The molecule has 1 atom stereocenters. The van der Waals surface area contributed by atoms with Gasteiger partial charge in [-0.3, -0.25) is 0 Å². The quantitative estimate of drug-likeness (QED) is 0.0848. The Labute approximate surface area is 264 Å². The van der Waals surface area contributed by atoms with E-state index >= 15 is 0 Å². The van der Waals surface area contributed by atoms with E-state index in [1.807, 2.05) is 0 Å². The van der Waals surface area contributed by atoms with Crippen LogP contribution in [-0.2, 0) is 0 Å². The van der Waals surface area contributed by atoms with Crippen LogP contribution in [0.15, 0.2) is 0 Å². The van der Waals surface area contributed by atoms with E-state index in [9.17, 15) is 0 Å². The maximum absolute atomic E-state index is 2.54. The molecule has 0 rings (SSSR count). The van der Waals surface area contributed by atoms with Crippen LogP contribution in [0, 0.1) is 0 Å². The summed E-state index contributed by atoms with van der Waals surface area (Å²) in [7, 11) is 10.1. The van der Waals surface area contributed by atoms with Crippen molar-refractivity contribution in [1.82, 2.24) is 0 Å². The van der Waals surface area contributed by atoms with Crippen molar-refractivity contribution < 1.29 is 42.9 Å². The first-order chi connectivity index (χ1) is 17.3. The molecule has 0 radical (unpaired) electrons. The first-order valence-corrected chi connectivity index (χ1v) is 16.9.